The van der Waals surface area contributed by atoms with E-state index in [4.69, 9.17) is 26.1 Å². The summed E-state index contributed by atoms with van der Waals surface area (Å²) in [6.07, 6.45) is 5.11. The molecule has 0 saturated carbocycles. The molecular formula is C36H40ClN5O3S. The number of anilines is 1. The van der Waals surface area contributed by atoms with E-state index in [1.54, 1.807) is 19.1 Å². The standard InChI is InChI=1S/C36H40ClN5O3S/c1-40(19-17-28-13-16-31(44-2)32(24-28)45-3)35(43)30-14-11-29(12-15-30)26-46-36-38-33(37)25-34(39-36)42-22-20-41(21-23-42)18-7-10-27-8-5-4-6-9-27/h4-16,24-25H,17-23,26H2,1-3H3/b10-7+. The van der Waals surface area contributed by atoms with Crippen LogP contribution in [0.3, 0.4) is 0 Å². The first-order valence-electron chi connectivity index (χ1n) is 15.3. The number of benzene rings is 3. The molecule has 0 radical (unpaired) electrons. The fourth-order valence-corrected chi connectivity index (χ4v) is 6.26. The Morgan fingerprint density at radius 1 is 0.913 bits per heavy atom. The normalized spacial score (nSPS) is 13.6. The van der Waals surface area contributed by atoms with Gasteiger partial charge in [0.25, 0.3) is 5.91 Å². The Balaban J connectivity index is 1.09. The van der Waals surface area contributed by atoms with Gasteiger partial charge in [-0.15, -0.1) is 0 Å². The molecule has 240 valence electrons. The van der Waals surface area contributed by atoms with Crippen LogP contribution in [0.15, 0.2) is 90.1 Å². The van der Waals surface area contributed by atoms with Gasteiger partial charge in [0.2, 0.25) is 0 Å². The third-order valence-corrected chi connectivity index (χ3v) is 9.04. The largest absolute Gasteiger partial charge is 0.493 e. The number of nitrogens with zero attached hydrogens (tertiary/aromatic N) is 5. The van der Waals surface area contributed by atoms with Crippen LogP contribution >= 0.6 is 23.4 Å². The number of thioether (sulfide) groups is 1. The minimum Gasteiger partial charge on any atom is -0.493 e. The molecule has 1 aliphatic rings. The number of hydrogen-bond acceptors (Lipinski definition) is 8. The number of amides is 1. The lowest BCUT2D eigenvalue weighted by Gasteiger charge is -2.35. The van der Waals surface area contributed by atoms with Crippen molar-refractivity contribution >= 4 is 41.2 Å². The Kier molecular flexibility index (Phi) is 11.9. The molecule has 0 unspecified atom stereocenters. The minimum absolute atomic E-state index is 0.0187. The monoisotopic (exact) mass is 657 g/mol. The summed E-state index contributed by atoms with van der Waals surface area (Å²) >= 11 is 7.96. The number of carbonyl (C=O) groups is 1. The predicted octanol–water partition coefficient (Wildman–Crippen LogP) is 6.59. The van der Waals surface area contributed by atoms with Gasteiger partial charge in [0.1, 0.15) is 11.0 Å². The van der Waals surface area contributed by atoms with Gasteiger partial charge in [0.05, 0.1) is 14.2 Å². The summed E-state index contributed by atoms with van der Waals surface area (Å²) in [4.78, 5) is 28.8. The number of hydrogen-bond donors (Lipinski definition) is 0. The third kappa shape index (κ3) is 9.25. The van der Waals surface area contributed by atoms with E-state index < -0.39 is 0 Å². The van der Waals surface area contributed by atoms with E-state index in [9.17, 15) is 4.79 Å². The fourth-order valence-electron chi connectivity index (χ4n) is 5.22. The first-order valence-corrected chi connectivity index (χ1v) is 16.7. The summed E-state index contributed by atoms with van der Waals surface area (Å²) < 4.78 is 10.7. The van der Waals surface area contributed by atoms with Crippen molar-refractivity contribution in [3.8, 4) is 11.5 Å². The molecule has 0 bridgehead atoms. The number of piperazine rings is 1. The Hall–Kier alpha value is -4.05. The van der Waals surface area contributed by atoms with Crippen LogP contribution in [0.2, 0.25) is 5.15 Å². The number of aromatic nitrogens is 2. The number of carbonyl (C=O) groups excluding carboxylic acids is 1. The summed E-state index contributed by atoms with van der Waals surface area (Å²) in [7, 11) is 5.06. The molecular weight excluding hydrogens is 618 g/mol. The van der Waals surface area contributed by atoms with Gasteiger partial charge in [0, 0.05) is 63.7 Å². The van der Waals surface area contributed by atoms with Crippen molar-refractivity contribution in [2.24, 2.45) is 0 Å². The summed E-state index contributed by atoms with van der Waals surface area (Å²) in [6, 6.07) is 25.8. The van der Waals surface area contributed by atoms with Crippen LogP contribution in [0.5, 0.6) is 11.5 Å². The van der Waals surface area contributed by atoms with E-state index in [1.807, 2.05) is 61.6 Å². The maximum Gasteiger partial charge on any atom is 0.253 e. The topological polar surface area (TPSA) is 71.0 Å². The quantitative estimate of drug-likeness (QED) is 0.0906. The Morgan fingerprint density at radius 2 is 1.63 bits per heavy atom. The summed E-state index contributed by atoms with van der Waals surface area (Å²) in [5, 5.41) is 1.09. The third-order valence-electron chi connectivity index (χ3n) is 7.93. The molecule has 1 fully saturated rings. The second-order valence-corrected chi connectivity index (χ2v) is 12.4. The average molecular weight is 658 g/mol. The van der Waals surface area contributed by atoms with Crippen molar-refractivity contribution in [3.05, 3.63) is 112 Å². The second-order valence-electron chi connectivity index (χ2n) is 11.1. The average Bonchev–Trinajstić information content (AvgIpc) is 3.10. The predicted molar refractivity (Wildman–Crippen MR) is 187 cm³/mol. The molecule has 46 heavy (non-hydrogen) atoms. The first kappa shape index (κ1) is 33.3. The number of rotatable bonds is 13. The fraction of sp³-hybridized carbons (Fsp3) is 0.306. The molecule has 0 N–H and O–H groups in total. The molecule has 8 nitrogen and oxygen atoms in total. The maximum absolute atomic E-state index is 13.1. The number of likely N-dealkylation sites (N-methyl/N-ethyl adjacent to an activating group) is 1. The summed E-state index contributed by atoms with van der Waals surface area (Å²) in [5.41, 5.74) is 4.03. The highest BCUT2D eigenvalue weighted by molar-refractivity contribution is 7.98. The zero-order valence-corrected chi connectivity index (χ0v) is 28.1. The van der Waals surface area contributed by atoms with Crippen LogP contribution in [-0.2, 0) is 12.2 Å². The highest BCUT2D eigenvalue weighted by Crippen LogP contribution is 2.28. The van der Waals surface area contributed by atoms with E-state index >= 15 is 0 Å². The molecule has 4 aromatic rings. The number of ether oxygens (including phenoxy) is 2. The lowest BCUT2D eigenvalue weighted by molar-refractivity contribution is 0.0796. The Bertz CT molecular complexity index is 1610. The molecule has 2 heterocycles. The van der Waals surface area contributed by atoms with E-state index in [2.05, 4.69) is 51.2 Å². The lowest BCUT2D eigenvalue weighted by Crippen LogP contribution is -2.46. The highest BCUT2D eigenvalue weighted by Gasteiger charge is 2.19. The number of methoxy groups -OCH3 is 2. The second kappa shape index (κ2) is 16.5. The van der Waals surface area contributed by atoms with Crippen LogP contribution in [0.1, 0.15) is 27.0 Å². The van der Waals surface area contributed by atoms with E-state index in [0.717, 1.165) is 49.7 Å². The molecule has 1 aliphatic heterocycles. The summed E-state index contributed by atoms with van der Waals surface area (Å²) in [5.74, 6) is 2.89. The summed E-state index contributed by atoms with van der Waals surface area (Å²) in [6.45, 7) is 5.19. The first-order chi connectivity index (χ1) is 22.4. The van der Waals surface area contributed by atoms with Gasteiger partial charge in [-0.3, -0.25) is 9.69 Å². The lowest BCUT2D eigenvalue weighted by atomic mass is 10.1. The van der Waals surface area contributed by atoms with Crippen molar-refractivity contribution in [1.29, 1.82) is 0 Å². The van der Waals surface area contributed by atoms with Crippen LogP contribution in [0.4, 0.5) is 5.82 Å². The van der Waals surface area contributed by atoms with Gasteiger partial charge in [-0.05, 0) is 47.4 Å². The molecule has 10 heteroatoms. The van der Waals surface area contributed by atoms with Crippen molar-refractivity contribution in [1.82, 2.24) is 19.8 Å². The molecule has 5 rings (SSSR count). The van der Waals surface area contributed by atoms with Crippen LogP contribution in [-0.4, -0.2) is 86.2 Å². The zero-order valence-electron chi connectivity index (χ0n) is 26.6. The SMILES string of the molecule is COc1ccc(CCN(C)C(=O)c2ccc(CSc3nc(Cl)cc(N4CCN(C/C=C/c5ccccc5)CC4)n3)cc2)cc1OC. The van der Waals surface area contributed by atoms with Crippen molar-refractivity contribution in [2.45, 2.75) is 17.3 Å². The van der Waals surface area contributed by atoms with Crippen molar-refractivity contribution < 1.29 is 14.3 Å². The van der Waals surface area contributed by atoms with Gasteiger partial charge in [0.15, 0.2) is 16.7 Å². The molecule has 1 amide bonds. The highest BCUT2D eigenvalue weighted by atomic mass is 35.5. The van der Waals surface area contributed by atoms with Gasteiger partial charge < -0.3 is 19.3 Å². The molecule has 1 aromatic heterocycles. The molecule has 1 saturated heterocycles. The van der Waals surface area contributed by atoms with Crippen molar-refractivity contribution in [2.75, 3.05) is 65.4 Å². The van der Waals surface area contributed by atoms with Crippen LogP contribution in [0, 0.1) is 0 Å². The Labute approximate surface area is 281 Å². The minimum atomic E-state index is -0.0187. The van der Waals surface area contributed by atoms with Gasteiger partial charge in [-0.25, -0.2) is 9.97 Å². The molecule has 0 aliphatic carbocycles. The maximum atomic E-state index is 13.1. The van der Waals surface area contributed by atoms with E-state index in [0.29, 0.717) is 46.1 Å². The Morgan fingerprint density at radius 3 is 2.35 bits per heavy atom. The van der Waals surface area contributed by atoms with E-state index in [1.165, 1.54) is 17.3 Å². The number of halogens is 1. The van der Waals surface area contributed by atoms with Crippen molar-refractivity contribution in [3.63, 3.8) is 0 Å². The van der Waals surface area contributed by atoms with E-state index in [-0.39, 0.29) is 5.91 Å². The van der Waals surface area contributed by atoms with Crippen LogP contribution < -0.4 is 14.4 Å². The molecule has 0 spiro atoms. The van der Waals surface area contributed by atoms with Crippen LogP contribution in [0.25, 0.3) is 6.08 Å². The van der Waals surface area contributed by atoms with Gasteiger partial charge >= 0.3 is 0 Å². The molecule has 0 atom stereocenters. The molecule has 3 aromatic carbocycles. The smallest absolute Gasteiger partial charge is 0.253 e. The zero-order chi connectivity index (χ0) is 32.3. The van der Waals surface area contributed by atoms with Gasteiger partial charge in [-0.2, -0.15) is 0 Å². The van der Waals surface area contributed by atoms with Gasteiger partial charge in [-0.1, -0.05) is 84.0 Å².